The average Bonchev–Trinajstić information content (AvgIpc) is 2.16. The van der Waals surface area contributed by atoms with Gasteiger partial charge in [-0.1, -0.05) is 28.1 Å². The molecule has 1 aromatic rings. The second kappa shape index (κ2) is 4.97. The third kappa shape index (κ3) is 3.55. The van der Waals surface area contributed by atoms with Crippen LogP contribution in [0, 0.1) is 5.82 Å². The molecule has 0 spiro atoms. The first kappa shape index (κ1) is 10.2. The molecule has 0 bridgehead atoms. The molecule has 0 atom stereocenters. The molecule has 0 aliphatic carbocycles. The molecule has 0 unspecified atom stereocenters. The van der Waals surface area contributed by atoms with Crippen LogP contribution in [0.2, 0.25) is 0 Å². The van der Waals surface area contributed by atoms with Gasteiger partial charge < -0.3 is 5.32 Å². The summed E-state index contributed by atoms with van der Waals surface area (Å²) in [4.78, 5) is 10.8. The summed E-state index contributed by atoms with van der Waals surface area (Å²) in [5, 5.41) is 2.95. The summed E-state index contributed by atoms with van der Waals surface area (Å²) in [6.07, 6.45) is 0. The van der Waals surface area contributed by atoms with Gasteiger partial charge in [-0.2, -0.15) is 0 Å². The summed E-state index contributed by atoms with van der Waals surface area (Å²) >= 11 is 3.03. The van der Waals surface area contributed by atoms with Crippen molar-refractivity contribution in [2.75, 3.05) is 5.33 Å². The normalized spacial score (nSPS) is 9.69. The lowest BCUT2D eigenvalue weighted by atomic mass is 10.2. The standard InChI is InChI=1S/C9H9BrFNO/c10-5-9(13)12-6-7-1-3-8(11)4-2-7/h1-4H,5-6H2,(H,12,13)/i11-1. The minimum atomic E-state index is -0.268. The van der Waals surface area contributed by atoms with E-state index in [0.29, 0.717) is 6.54 Å². The highest BCUT2D eigenvalue weighted by molar-refractivity contribution is 9.09. The maximum atomic E-state index is 12.5. The number of carbonyl (C=O) groups excluding carboxylic acids is 1. The fourth-order valence-electron chi connectivity index (χ4n) is 0.850. The summed E-state index contributed by atoms with van der Waals surface area (Å²) in [7, 11) is 0. The number of hydrogen-bond acceptors (Lipinski definition) is 1. The topological polar surface area (TPSA) is 29.1 Å². The predicted molar refractivity (Wildman–Crippen MR) is 52.0 cm³/mol. The largest absolute Gasteiger partial charge is 0.351 e. The van der Waals surface area contributed by atoms with Crippen LogP contribution in [0.4, 0.5) is 4.39 Å². The lowest BCUT2D eigenvalue weighted by Gasteiger charge is -2.02. The van der Waals surface area contributed by atoms with Crippen molar-refractivity contribution < 1.29 is 9.18 Å². The molecule has 0 heterocycles. The molecule has 1 aromatic carbocycles. The number of carbonyl (C=O) groups is 1. The van der Waals surface area contributed by atoms with Gasteiger partial charge in [-0.15, -0.1) is 0 Å². The first-order valence-corrected chi connectivity index (χ1v) is 4.91. The molecule has 1 amide bonds. The molecule has 0 saturated heterocycles. The van der Waals surface area contributed by atoms with Gasteiger partial charge >= 0.3 is 0 Å². The zero-order valence-electron chi connectivity index (χ0n) is 6.89. The van der Waals surface area contributed by atoms with Crippen LogP contribution in [0.25, 0.3) is 0 Å². The fraction of sp³-hybridized carbons (Fsp3) is 0.222. The van der Waals surface area contributed by atoms with Gasteiger partial charge in [-0.05, 0) is 17.7 Å². The Morgan fingerprint density at radius 2 is 2.00 bits per heavy atom. The number of amides is 1. The van der Waals surface area contributed by atoms with E-state index in [-0.39, 0.29) is 17.1 Å². The average molecular weight is 245 g/mol. The first-order valence-electron chi connectivity index (χ1n) is 3.79. The Labute approximate surface area is 84.3 Å². The molecular formula is C9H9BrFNO. The second-order valence-electron chi connectivity index (χ2n) is 2.54. The van der Waals surface area contributed by atoms with E-state index in [4.69, 9.17) is 0 Å². The van der Waals surface area contributed by atoms with E-state index in [2.05, 4.69) is 21.2 Å². The molecule has 70 valence electrons. The Hall–Kier alpha value is -0.900. The number of halogens is 2. The summed E-state index contributed by atoms with van der Waals surface area (Å²) < 4.78 is 12.5. The quantitative estimate of drug-likeness (QED) is 0.809. The van der Waals surface area contributed by atoms with Crippen LogP contribution in [0.15, 0.2) is 24.3 Å². The molecule has 13 heavy (non-hydrogen) atoms. The number of hydrogen-bond donors (Lipinski definition) is 1. The van der Waals surface area contributed by atoms with E-state index in [0.717, 1.165) is 5.56 Å². The van der Waals surface area contributed by atoms with Crippen molar-refractivity contribution in [3.05, 3.63) is 35.6 Å². The van der Waals surface area contributed by atoms with Crippen LogP contribution in [-0.2, 0) is 11.3 Å². The molecule has 2 nitrogen and oxygen atoms in total. The molecule has 0 aliphatic heterocycles. The summed E-state index contributed by atoms with van der Waals surface area (Å²) in [6, 6.07) is 6.03. The van der Waals surface area contributed by atoms with E-state index in [1.54, 1.807) is 12.1 Å². The third-order valence-electron chi connectivity index (χ3n) is 1.52. The zero-order chi connectivity index (χ0) is 9.68. The SMILES string of the molecule is O=C(CBr)NCc1ccc([18F])cc1. The van der Waals surface area contributed by atoms with Gasteiger partial charge in [0.2, 0.25) is 5.91 Å². The van der Waals surface area contributed by atoms with Gasteiger partial charge in [-0.25, -0.2) is 4.39 Å². The smallest absolute Gasteiger partial charge is 0.230 e. The van der Waals surface area contributed by atoms with E-state index in [1.165, 1.54) is 12.1 Å². The molecule has 1 N–H and O–H groups in total. The van der Waals surface area contributed by atoms with Crippen LogP contribution < -0.4 is 5.32 Å². The van der Waals surface area contributed by atoms with Crippen LogP contribution in [0.1, 0.15) is 5.56 Å². The molecule has 0 fully saturated rings. The Morgan fingerprint density at radius 3 is 2.54 bits per heavy atom. The monoisotopic (exact) mass is 244 g/mol. The van der Waals surface area contributed by atoms with Gasteiger partial charge in [-0.3, -0.25) is 4.79 Å². The minimum absolute atomic E-state index is 0.0793. The van der Waals surface area contributed by atoms with Crippen LogP contribution in [-0.4, -0.2) is 11.2 Å². The molecule has 0 saturated carbocycles. The first-order chi connectivity index (χ1) is 6.22. The number of alkyl halides is 1. The molecule has 1 rings (SSSR count). The highest BCUT2D eigenvalue weighted by Gasteiger charge is 1.97. The Morgan fingerprint density at radius 1 is 1.38 bits per heavy atom. The van der Waals surface area contributed by atoms with Crippen molar-refractivity contribution in [1.29, 1.82) is 0 Å². The molecule has 0 aliphatic rings. The van der Waals surface area contributed by atoms with Crippen molar-refractivity contribution in [2.24, 2.45) is 0 Å². The van der Waals surface area contributed by atoms with Gasteiger partial charge in [0, 0.05) is 6.54 Å². The van der Waals surface area contributed by atoms with Crippen molar-refractivity contribution in [3.63, 3.8) is 0 Å². The van der Waals surface area contributed by atoms with Gasteiger partial charge in [0.1, 0.15) is 5.82 Å². The zero-order valence-corrected chi connectivity index (χ0v) is 8.47. The minimum Gasteiger partial charge on any atom is -0.351 e. The predicted octanol–water partition coefficient (Wildman–Crippen LogP) is 1.84. The van der Waals surface area contributed by atoms with Crippen LogP contribution in [0.3, 0.4) is 0 Å². The van der Waals surface area contributed by atoms with Gasteiger partial charge in [0.25, 0.3) is 0 Å². The fourth-order valence-corrected chi connectivity index (χ4v) is 1.05. The Kier molecular flexibility index (Phi) is 3.89. The molecule has 4 heteroatoms. The van der Waals surface area contributed by atoms with Crippen molar-refractivity contribution in [1.82, 2.24) is 5.32 Å². The van der Waals surface area contributed by atoms with E-state index in [1.807, 2.05) is 0 Å². The van der Waals surface area contributed by atoms with Crippen LogP contribution >= 0.6 is 15.9 Å². The Balaban J connectivity index is 2.46. The molecule has 0 radical (unpaired) electrons. The Bertz CT molecular complexity index is 286. The maximum absolute atomic E-state index is 12.5. The number of nitrogens with one attached hydrogen (secondary N) is 1. The highest BCUT2D eigenvalue weighted by atomic mass is 79.9. The van der Waals surface area contributed by atoms with Crippen molar-refractivity contribution >= 4 is 21.8 Å². The van der Waals surface area contributed by atoms with Gasteiger partial charge in [0.05, 0.1) is 5.33 Å². The molecule has 0 aromatic heterocycles. The summed E-state index contributed by atoms with van der Waals surface area (Å²) in [5.74, 6) is -0.347. The van der Waals surface area contributed by atoms with E-state index < -0.39 is 0 Å². The lowest BCUT2D eigenvalue weighted by Crippen LogP contribution is -2.23. The second-order valence-corrected chi connectivity index (χ2v) is 3.10. The number of rotatable bonds is 3. The lowest BCUT2D eigenvalue weighted by molar-refractivity contribution is -0.118. The highest BCUT2D eigenvalue weighted by Crippen LogP contribution is 2.01. The van der Waals surface area contributed by atoms with Gasteiger partial charge in [0.15, 0.2) is 0 Å². The van der Waals surface area contributed by atoms with Crippen molar-refractivity contribution in [2.45, 2.75) is 6.54 Å². The third-order valence-corrected chi connectivity index (χ3v) is 2.03. The van der Waals surface area contributed by atoms with E-state index in [9.17, 15) is 9.18 Å². The van der Waals surface area contributed by atoms with Crippen molar-refractivity contribution in [3.8, 4) is 0 Å². The molecular weight excluding hydrogens is 236 g/mol. The summed E-state index contributed by atoms with van der Waals surface area (Å²) in [6.45, 7) is 0.435. The maximum Gasteiger partial charge on any atom is 0.230 e. The van der Waals surface area contributed by atoms with Crippen LogP contribution in [0.5, 0.6) is 0 Å². The number of benzene rings is 1. The summed E-state index contributed by atoms with van der Waals surface area (Å²) in [5.41, 5.74) is 0.885. The van der Waals surface area contributed by atoms with E-state index >= 15 is 0 Å².